The molecule has 10 nitrogen and oxygen atoms in total. The highest BCUT2D eigenvalue weighted by molar-refractivity contribution is 8.00. The predicted molar refractivity (Wildman–Crippen MR) is 86.9 cm³/mol. The van der Waals surface area contributed by atoms with Gasteiger partial charge in [0.05, 0.1) is 0 Å². The van der Waals surface area contributed by atoms with Crippen LogP contribution in [0.25, 0.3) is 0 Å². The van der Waals surface area contributed by atoms with Crippen LogP contribution in [0.4, 0.5) is 5.13 Å². The maximum absolute atomic E-state index is 12.1. The zero-order valence-electron chi connectivity index (χ0n) is 12.3. The summed E-state index contributed by atoms with van der Waals surface area (Å²) in [7, 11) is 0. The number of hydrogen-bond acceptors (Lipinski definition) is 8. The number of anilines is 1. The van der Waals surface area contributed by atoms with Crippen LogP contribution in [0.1, 0.15) is 10.5 Å². The molecule has 1 aromatic rings. The third-order valence-corrected chi connectivity index (χ3v) is 5.43. The summed E-state index contributed by atoms with van der Waals surface area (Å²) < 4.78 is 0. The van der Waals surface area contributed by atoms with Crippen molar-refractivity contribution in [1.82, 2.24) is 15.2 Å². The zero-order chi connectivity index (χ0) is 18.1. The van der Waals surface area contributed by atoms with Crippen molar-refractivity contribution in [1.29, 1.82) is 0 Å². The van der Waals surface area contributed by atoms with Gasteiger partial charge in [-0.3, -0.25) is 24.1 Å². The van der Waals surface area contributed by atoms with E-state index in [9.17, 15) is 24.0 Å². The third kappa shape index (κ3) is 3.00. The summed E-state index contributed by atoms with van der Waals surface area (Å²) in [6.07, 6.45) is 1.81. The van der Waals surface area contributed by atoms with Crippen LogP contribution in [0.2, 0.25) is 0 Å². The minimum atomic E-state index is -1.22. The number of amides is 3. The molecule has 1 saturated heterocycles. The standard InChI is InChI=1S/C13H10N4O6S2/c18-4-14-13-15-5(3-25-13)8(19)9(20)16-7-10(21)17-6(12(22)23)1-2-24-11(7)17/h1,3-4,7,11H,2H2,(H,16,20)(H,22,23)(H,14,15,18)/t7?,11-/m1/s1. The smallest absolute Gasteiger partial charge is 0.352 e. The number of Topliss-reactive ketones (excluding diaryl/α,β-unsaturated/α-hetero) is 1. The second-order valence-corrected chi connectivity index (χ2v) is 6.91. The number of aromatic nitrogens is 1. The van der Waals surface area contributed by atoms with Crippen LogP contribution in [-0.2, 0) is 19.2 Å². The zero-order valence-corrected chi connectivity index (χ0v) is 13.9. The van der Waals surface area contributed by atoms with Gasteiger partial charge in [-0.15, -0.1) is 23.1 Å². The summed E-state index contributed by atoms with van der Waals surface area (Å²) in [5, 5.41) is 14.6. The van der Waals surface area contributed by atoms with Crippen LogP contribution in [0.15, 0.2) is 17.2 Å². The second kappa shape index (κ2) is 6.64. The van der Waals surface area contributed by atoms with Crippen molar-refractivity contribution in [3.8, 4) is 0 Å². The summed E-state index contributed by atoms with van der Waals surface area (Å²) in [6.45, 7) is 0. The molecule has 0 saturated carbocycles. The molecular weight excluding hydrogens is 372 g/mol. The van der Waals surface area contributed by atoms with Gasteiger partial charge in [0.2, 0.25) is 6.41 Å². The van der Waals surface area contributed by atoms with Crippen LogP contribution in [0.3, 0.4) is 0 Å². The van der Waals surface area contributed by atoms with Crippen LogP contribution >= 0.6 is 23.1 Å². The number of carbonyl (C=O) groups excluding carboxylic acids is 4. The summed E-state index contributed by atoms with van der Waals surface area (Å²) in [4.78, 5) is 62.5. The number of rotatable bonds is 6. The van der Waals surface area contributed by atoms with Gasteiger partial charge in [-0.1, -0.05) is 0 Å². The number of aliphatic carboxylic acids is 1. The number of carboxylic acid groups (broad SMARTS) is 1. The molecule has 130 valence electrons. The molecule has 0 aromatic carbocycles. The molecule has 3 heterocycles. The quantitative estimate of drug-likeness (QED) is 0.252. The molecule has 3 amide bonds. The number of thioether (sulfide) groups is 1. The minimum Gasteiger partial charge on any atom is -0.477 e. The number of β-lactam (4-membered cyclic amide) rings is 1. The molecule has 3 rings (SSSR count). The number of carboxylic acids is 1. The van der Waals surface area contributed by atoms with Crippen molar-refractivity contribution in [3.05, 3.63) is 22.8 Å². The number of fused-ring (bicyclic) bond motifs is 1. The Kier molecular flexibility index (Phi) is 4.55. The van der Waals surface area contributed by atoms with E-state index in [1.54, 1.807) is 0 Å². The van der Waals surface area contributed by atoms with Crippen molar-refractivity contribution in [3.63, 3.8) is 0 Å². The summed E-state index contributed by atoms with van der Waals surface area (Å²) >= 11 is 2.26. The van der Waals surface area contributed by atoms with Crippen LogP contribution in [-0.4, -0.2) is 62.1 Å². The molecule has 1 fully saturated rings. The Morgan fingerprint density at radius 3 is 2.84 bits per heavy atom. The predicted octanol–water partition coefficient (Wildman–Crippen LogP) is -0.737. The van der Waals surface area contributed by atoms with Gasteiger partial charge in [0.15, 0.2) is 5.13 Å². The van der Waals surface area contributed by atoms with E-state index in [1.807, 2.05) is 0 Å². The molecule has 2 aliphatic heterocycles. The molecule has 0 radical (unpaired) electrons. The number of nitrogens with one attached hydrogen (secondary N) is 2. The van der Waals surface area contributed by atoms with E-state index < -0.39 is 35.0 Å². The average Bonchev–Trinajstić information content (AvgIpc) is 3.06. The first kappa shape index (κ1) is 17.1. The second-order valence-electron chi connectivity index (χ2n) is 4.91. The molecular formula is C13H10N4O6S2. The Morgan fingerprint density at radius 2 is 2.16 bits per heavy atom. The Balaban J connectivity index is 1.66. The fourth-order valence-electron chi connectivity index (χ4n) is 2.36. The van der Waals surface area contributed by atoms with Crippen molar-refractivity contribution in [2.75, 3.05) is 11.1 Å². The van der Waals surface area contributed by atoms with Crippen LogP contribution in [0, 0.1) is 0 Å². The number of thiazole rings is 1. The van der Waals surface area contributed by atoms with Gasteiger partial charge in [-0.05, 0) is 6.08 Å². The molecule has 0 spiro atoms. The highest BCUT2D eigenvalue weighted by Gasteiger charge is 2.53. The summed E-state index contributed by atoms with van der Waals surface area (Å²) in [6, 6.07) is -0.976. The summed E-state index contributed by atoms with van der Waals surface area (Å²) in [5.74, 6) is -3.40. The van der Waals surface area contributed by atoms with E-state index in [4.69, 9.17) is 5.11 Å². The molecule has 0 aliphatic carbocycles. The van der Waals surface area contributed by atoms with E-state index in [1.165, 1.54) is 23.2 Å². The first-order valence-electron chi connectivity index (χ1n) is 6.83. The highest BCUT2D eigenvalue weighted by Crippen LogP contribution is 2.37. The van der Waals surface area contributed by atoms with Crippen molar-refractivity contribution in [2.45, 2.75) is 11.4 Å². The Labute approximate surface area is 148 Å². The molecule has 1 aromatic heterocycles. The maximum Gasteiger partial charge on any atom is 0.352 e. The van der Waals surface area contributed by atoms with Gasteiger partial charge in [0.25, 0.3) is 17.6 Å². The lowest BCUT2D eigenvalue weighted by molar-refractivity contribution is -0.150. The first-order valence-corrected chi connectivity index (χ1v) is 8.76. The Morgan fingerprint density at radius 1 is 1.40 bits per heavy atom. The maximum atomic E-state index is 12.1. The van der Waals surface area contributed by atoms with Gasteiger partial charge in [-0.25, -0.2) is 9.78 Å². The van der Waals surface area contributed by atoms with E-state index in [0.717, 1.165) is 16.2 Å². The molecule has 25 heavy (non-hydrogen) atoms. The van der Waals surface area contributed by atoms with E-state index in [2.05, 4.69) is 15.6 Å². The van der Waals surface area contributed by atoms with E-state index in [-0.39, 0.29) is 16.5 Å². The lowest BCUT2D eigenvalue weighted by Gasteiger charge is -2.48. The van der Waals surface area contributed by atoms with Crippen molar-refractivity contribution < 1.29 is 29.1 Å². The topological polar surface area (TPSA) is 146 Å². The lowest BCUT2D eigenvalue weighted by atomic mass is 10.0. The van der Waals surface area contributed by atoms with Gasteiger partial charge in [0.1, 0.15) is 22.8 Å². The van der Waals surface area contributed by atoms with E-state index >= 15 is 0 Å². The lowest BCUT2D eigenvalue weighted by Crippen LogP contribution is -2.70. The molecule has 2 aliphatic rings. The fourth-order valence-corrected chi connectivity index (χ4v) is 4.20. The highest BCUT2D eigenvalue weighted by atomic mass is 32.2. The average molecular weight is 382 g/mol. The van der Waals surface area contributed by atoms with Gasteiger partial charge in [-0.2, -0.15) is 0 Å². The van der Waals surface area contributed by atoms with Gasteiger partial charge in [0, 0.05) is 11.1 Å². The fraction of sp³-hybridized carbons (Fsp3) is 0.231. The first-order chi connectivity index (χ1) is 11.9. The SMILES string of the molecule is O=CNc1nc(C(=O)C(=O)NC2C(=O)N3C(C(=O)O)=CCS[C@H]23)cs1. The molecule has 0 bridgehead atoms. The normalized spacial score (nSPS) is 21.5. The molecule has 1 unspecified atom stereocenters. The Hall–Kier alpha value is -2.73. The van der Waals surface area contributed by atoms with E-state index in [0.29, 0.717) is 12.2 Å². The molecule has 2 atom stereocenters. The minimum absolute atomic E-state index is 0.130. The molecule has 3 N–H and O–H groups in total. The van der Waals surface area contributed by atoms with Gasteiger partial charge < -0.3 is 15.7 Å². The Bertz CT molecular complexity index is 819. The number of carbonyl (C=O) groups is 5. The molecule has 12 heteroatoms. The third-order valence-electron chi connectivity index (χ3n) is 3.48. The number of nitrogens with zero attached hydrogens (tertiary/aromatic N) is 2. The summed E-state index contributed by atoms with van der Waals surface area (Å²) in [5.41, 5.74) is -0.285. The van der Waals surface area contributed by atoms with Crippen molar-refractivity contribution in [2.24, 2.45) is 0 Å². The number of ketones is 1. The van der Waals surface area contributed by atoms with Crippen molar-refractivity contribution >= 4 is 58.2 Å². The number of hydrogen-bond donors (Lipinski definition) is 3. The van der Waals surface area contributed by atoms with Crippen LogP contribution in [0.5, 0.6) is 0 Å². The van der Waals surface area contributed by atoms with Crippen LogP contribution < -0.4 is 10.6 Å². The largest absolute Gasteiger partial charge is 0.477 e. The monoisotopic (exact) mass is 382 g/mol. The van der Waals surface area contributed by atoms with Gasteiger partial charge >= 0.3 is 5.97 Å².